The van der Waals surface area contributed by atoms with Crippen molar-refractivity contribution in [2.75, 3.05) is 5.32 Å². The lowest BCUT2D eigenvalue weighted by molar-refractivity contribution is -0.384. The van der Waals surface area contributed by atoms with E-state index < -0.39 is 34.3 Å². The first-order chi connectivity index (χ1) is 14.5. The van der Waals surface area contributed by atoms with Crippen molar-refractivity contribution in [3.63, 3.8) is 0 Å². The number of nitrogens with one attached hydrogen (secondary N) is 1. The standard InChI is InChI=1S/C18H11F3N4O6/c19-18(20,21)13-8-22-17(23-9-1-6-12(16(27)28)14(26)7-9)24-15(13)31-11-4-2-10(3-5-11)25(29)30/h1-8,26H,(H,27,28)(H,22,23,24). The average molecular weight is 436 g/mol. The predicted molar refractivity (Wildman–Crippen MR) is 98.6 cm³/mol. The second-order valence-corrected chi connectivity index (χ2v) is 5.93. The number of aromatic carboxylic acids is 1. The van der Waals surface area contributed by atoms with Crippen LogP contribution >= 0.6 is 0 Å². The molecule has 0 unspecified atom stereocenters. The smallest absolute Gasteiger partial charge is 0.423 e. The summed E-state index contributed by atoms with van der Waals surface area (Å²) in [7, 11) is 0. The van der Waals surface area contributed by atoms with Gasteiger partial charge in [0, 0.05) is 30.1 Å². The maximum absolute atomic E-state index is 13.3. The van der Waals surface area contributed by atoms with Crippen LogP contribution in [0, 0.1) is 10.1 Å². The Morgan fingerprint density at radius 1 is 1.16 bits per heavy atom. The van der Waals surface area contributed by atoms with Gasteiger partial charge < -0.3 is 20.3 Å². The summed E-state index contributed by atoms with van der Waals surface area (Å²) in [5, 5.41) is 31.9. The Kier molecular flexibility index (Phi) is 5.59. The highest BCUT2D eigenvalue weighted by Gasteiger charge is 2.36. The van der Waals surface area contributed by atoms with Gasteiger partial charge in [-0.25, -0.2) is 9.78 Å². The Labute approximate surface area is 170 Å². The number of carboxylic acid groups (broad SMARTS) is 1. The molecule has 10 nitrogen and oxygen atoms in total. The second kappa shape index (κ2) is 8.14. The molecular formula is C18H11F3N4O6. The zero-order chi connectivity index (χ0) is 22.8. The Morgan fingerprint density at radius 3 is 2.39 bits per heavy atom. The number of carbonyl (C=O) groups is 1. The van der Waals surface area contributed by atoms with Crippen molar-refractivity contribution in [2.24, 2.45) is 0 Å². The minimum Gasteiger partial charge on any atom is -0.507 e. The van der Waals surface area contributed by atoms with Gasteiger partial charge in [0.2, 0.25) is 11.8 Å². The van der Waals surface area contributed by atoms with Gasteiger partial charge in [-0.1, -0.05) is 0 Å². The Bertz CT molecular complexity index is 1150. The largest absolute Gasteiger partial charge is 0.507 e. The van der Waals surface area contributed by atoms with Crippen LogP contribution in [-0.2, 0) is 6.18 Å². The molecule has 1 heterocycles. The van der Waals surface area contributed by atoms with Gasteiger partial charge in [0.15, 0.2) is 0 Å². The number of benzene rings is 2. The summed E-state index contributed by atoms with van der Waals surface area (Å²) >= 11 is 0. The molecule has 0 aliphatic heterocycles. The number of nitro groups is 1. The molecule has 0 saturated heterocycles. The number of halogens is 3. The molecule has 0 radical (unpaired) electrons. The van der Waals surface area contributed by atoms with Crippen LogP contribution in [-0.4, -0.2) is 31.1 Å². The van der Waals surface area contributed by atoms with Crippen LogP contribution in [0.2, 0.25) is 0 Å². The average Bonchev–Trinajstić information content (AvgIpc) is 2.67. The molecule has 160 valence electrons. The quantitative estimate of drug-likeness (QED) is 0.379. The van der Waals surface area contributed by atoms with Crippen molar-refractivity contribution in [1.82, 2.24) is 9.97 Å². The second-order valence-electron chi connectivity index (χ2n) is 5.93. The first kappa shape index (κ1) is 21.3. The Morgan fingerprint density at radius 2 is 1.84 bits per heavy atom. The number of ether oxygens (including phenoxy) is 1. The molecule has 1 aromatic heterocycles. The summed E-state index contributed by atoms with van der Waals surface area (Å²) in [6, 6.07) is 7.68. The van der Waals surface area contributed by atoms with E-state index in [0.717, 1.165) is 36.4 Å². The van der Waals surface area contributed by atoms with Gasteiger partial charge in [-0.05, 0) is 24.3 Å². The van der Waals surface area contributed by atoms with Crippen LogP contribution in [0.4, 0.5) is 30.5 Å². The molecule has 3 N–H and O–H groups in total. The maximum Gasteiger partial charge on any atom is 0.423 e. The third kappa shape index (κ3) is 4.95. The van der Waals surface area contributed by atoms with Gasteiger partial charge in [0.25, 0.3) is 5.69 Å². The van der Waals surface area contributed by atoms with Gasteiger partial charge in [0.1, 0.15) is 22.6 Å². The summed E-state index contributed by atoms with van der Waals surface area (Å²) < 4.78 is 45.0. The fraction of sp³-hybridized carbons (Fsp3) is 0.0556. The summed E-state index contributed by atoms with van der Waals surface area (Å²) in [5.74, 6) is -3.29. The lowest BCUT2D eigenvalue weighted by atomic mass is 10.2. The number of alkyl halides is 3. The van der Waals surface area contributed by atoms with Crippen LogP contribution in [0.15, 0.2) is 48.7 Å². The third-order valence-electron chi connectivity index (χ3n) is 3.81. The summed E-state index contributed by atoms with van der Waals surface area (Å²) in [4.78, 5) is 28.2. The number of carboxylic acids is 1. The first-order valence-corrected chi connectivity index (χ1v) is 8.24. The number of aromatic hydroxyl groups is 1. The lowest BCUT2D eigenvalue weighted by Gasteiger charge is -2.14. The van der Waals surface area contributed by atoms with E-state index in [1.807, 2.05) is 0 Å². The van der Waals surface area contributed by atoms with Crippen LogP contribution < -0.4 is 10.1 Å². The normalized spacial score (nSPS) is 11.1. The zero-order valence-electron chi connectivity index (χ0n) is 15.1. The third-order valence-corrected chi connectivity index (χ3v) is 3.81. The minimum absolute atomic E-state index is 0.101. The minimum atomic E-state index is -4.85. The summed E-state index contributed by atoms with van der Waals surface area (Å²) in [5.41, 5.74) is -1.84. The SMILES string of the molecule is O=C(O)c1ccc(Nc2ncc(C(F)(F)F)c(Oc3ccc([N+](=O)[O-])cc3)n2)cc1O. The zero-order valence-corrected chi connectivity index (χ0v) is 15.1. The predicted octanol–water partition coefficient (Wildman–Crippen LogP) is 4.34. The van der Waals surface area contributed by atoms with E-state index in [-0.39, 0.29) is 28.6 Å². The number of rotatable bonds is 6. The van der Waals surface area contributed by atoms with Gasteiger partial charge in [-0.2, -0.15) is 18.2 Å². The highest BCUT2D eigenvalue weighted by atomic mass is 19.4. The summed E-state index contributed by atoms with van der Waals surface area (Å²) in [6.07, 6.45) is -4.38. The van der Waals surface area contributed by atoms with E-state index in [2.05, 4.69) is 15.3 Å². The maximum atomic E-state index is 13.3. The van der Waals surface area contributed by atoms with Crippen LogP contribution in [0.1, 0.15) is 15.9 Å². The van der Waals surface area contributed by atoms with Crippen molar-refractivity contribution < 1.29 is 37.8 Å². The van der Waals surface area contributed by atoms with E-state index in [0.29, 0.717) is 6.20 Å². The van der Waals surface area contributed by atoms with E-state index in [4.69, 9.17) is 9.84 Å². The number of anilines is 2. The number of non-ortho nitro benzene ring substituents is 1. The number of phenols is 1. The van der Waals surface area contributed by atoms with Crippen LogP contribution in [0.25, 0.3) is 0 Å². The van der Waals surface area contributed by atoms with Crippen molar-refractivity contribution >= 4 is 23.3 Å². The lowest BCUT2D eigenvalue weighted by Crippen LogP contribution is -2.11. The van der Waals surface area contributed by atoms with Crippen molar-refractivity contribution in [2.45, 2.75) is 6.18 Å². The molecule has 31 heavy (non-hydrogen) atoms. The molecule has 0 fully saturated rings. The van der Waals surface area contributed by atoms with E-state index >= 15 is 0 Å². The van der Waals surface area contributed by atoms with Gasteiger partial charge in [0.05, 0.1) is 4.92 Å². The molecule has 13 heteroatoms. The van der Waals surface area contributed by atoms with E-state index in [9.17, 15) is 33.2 Å². The first-order valence-electron chi connectivity index (χ1n) is 8.24. The molecule has 3 rings (SSSR count). The number of hydrogen-bond donors (Lipinski definition) is 3. The number of hydrogen-bond acceptors (Lipinski definition) is 8. The molecule has 0 bridgehead atoms. The Hall–Kier alpha value is -4.42. The molecule has 0 saturated carbocycles. The van der Waals surface area contributed by atoms with Crippen LogP contribution in [0.5, 0.6) is 17.4 Å². The van der Waals surface area contributed by atoms with E-state index in [1.165, 1.54) is 6.07 Å². The number of aromatic nitrogens is 2. The fourth-order valence-corrected chi connectivity index (χ4v) is 2.37. The molecule has 0 atom stereocenters. The fourth-order valence-electron chi connectivity index (χ4n) is 2.37. The molecule has 0 aliphatic rings. The molecule has 0 aliphatic carbocycles. The summed E-state index contributed by atoms with van der Waals surface area (Å²) in [6.45, 7) is 0. The Balaban J connectivity index is 1.92. The highest BCUT2D eigenvalue weighted by molar-refractivity contribution is 5.91. The molecule has 0 spiro atoms. The highest BCUT2D eigenvalue weighted by Crippen LogP contribution is 2.37. The number of nitro benzene ring substituents is 1. The van der Waals surface area contributed by atoms with Crippen molar-refractivity contribution in [3.05, 3.63) is 69.9 Å². The molecule has 2 aromatic carbocycles. The van der Waals surface area contributed by atoms with Crippen LogP contribution in [0.3, 0.4) is 0 Å². The van der Waals surface area contributed by atoms with E-state index in [1.54, 1.807) is 0 Å². The van der Waals surface area contributed by atoms with Gasteiger partial charge in [-0.15, -0.1) is 0 Å². The van der Waals surface area contributed by atoms with Gasteiger partial charge >= 0.3 is 12.1 Å². The van der Waals surface area contributed by atoms with Crippen molar-refractivity contribution in [1.29, 1.82) is 0 Å². The van der Waals surface area contributed by atoms with Crippen molar-refractivity contribution in [3.8, 4) is 17.4 Å². The monoisotopic (exact) mass is 436 g/mol. The number of nitrogens with zero attached hydrogens (tertiary/aromatic N) is 3. The molecular weight excluding hydrogens is 425 g/mol. The molecule has 3 aromatic rings. The molecule has 0 amide bonds. The van der Waals surface area contributed by atoms with Gasteiger partial charge in [-0.3, -0.25) is 10.1 Å². The topological polar surface area (TPSA) is 148 Å².